The molecular formula is C14H18FNO3. The van der Waals surface area contributed by atoms with Crippen LogP contribution in [0.5, 0.6) is 5.75 Å². The van der Waals surface area contributed by atoms with Crippen molar-refractivity contribution in [2.45, 2.75) is 31.3 Å². The fourth-order valence-corrected chi connectivity index (χ4v) is 2.23. The van der Waals surface area contributed by atoms with E-state index in [1.54, 1.807) is 19.1 Å². The van der Waals surface area contributed by atoms with Gasteiger partial charge in [-0.05, 0) is 31.9 Å². The number of esters is 1. The molecular weight excluding hydrogens is 249 g/mol. The fourth-order valence-electron chi connectivity index (χ4n) is 2.23. The van der Waals surface area contributed by atoms with Crippen molar-refractivity contribution in [1.29, 1.82) is 0 Å². The molecule has 0 saturated heterocycles. The lowest BCUT2D eigenvalue weighted by atomic mass is 9.90. The summed E-state index contributed by atoms with van der Waals surface area (Å²) in [7, 11) is 2.75. The third-order valence-electron chi connectivity index (χ3n) is 3.36. The van der Waals surface area contributed by atoms with Crippen molar-refractivity contribution in [3.8, 4) is 5.75 Å². The van der Waals surface area contributed by atoms with Crippen LogP contribution < -0.4 is 10.1 Å². The molecule has 0 heterocycles. The normalized spacial score (nSPS) is 17.7. The van der Waals surface area contributed by atoms with E-state index in [0.717, 1.165) is 12.8 Å². The molecule has 2 rings (SSSR count). The highest BCUT2D eigenvalue weighted by atomic mass is 19.1. The molecule has 0 bridgehead atoms. The highest BCUT2D eigenvalue weighted by molar-refractivity contribution is 5.83. The molecule has 4 nitrogen and oxygen atoms in total. The van der Waals surface area contributed by atoms with Crippen molar-refractivity contribution in [1.82, 2.24) is 5.32 Å². The molecule has 0 aliphatic heterocycles. The molecule has 1 atom stereocenters. The van der Waals surface area contributed by atoms with Gasteiger partial charge < -0.3 is 9.47 Å². The Balaban J connectivity index is 2.50. The minimum atomic E-state index is -1.24. The van der Waals surface area contributed by atoms with Gasteiger partial charge >= 0.3 is 5.97 Å². The summed E-state index contributed by atoms with van der Waals surface area (Å²) in [5.74, 6) is -0.677. The van der Waals surface area contributed by atoms with Crippen LogP contribution in [0.25, 0.3) is 0 Å². The minimum absolute atomic E-state index is 0.191. The van der Waals surface area contributed by atoms with Gasteiger partial charge in [-0.1, -0.05) is 6.07 Å². The van der Waals surface area contributed by atoms with Gasteiger partial charge in [-0.2, -0.15) is 0 Å². The van der Waals surface area contributed by atoms with Crippen LogP contribution in [0.4, 0.5) is 4.39 Å². The smallest absolute Gasteiger partial charge is 0.330 e. The van der Waals surface area contributed by atoms with Crippen LogP contribution in [0.2, 0.25) is 0 Å². The van der Waals surface area contributed by atoms with E-state index in [4.69, 9.17) is 9.47 Å². The summed E-state index contributed by atoms with van der Waals surface area (Å²) in [5, 5.41) is 3.16. The van der Waals surface area contributed by atoms with Crippen LogP contribution >= 0.6 is 0 Å². The first-order valence-corrected chi connectivity index (χ1v) is 6.22. The molecule has 1 aromatic rings. The van der Waals surface area contributed by atoms with E-state index >= 15 is 0 Å². The first-order chi connectivity index (χ1) is 9.02. The van der Waals surface area contributed by atoms with Crippen molar-refractivity contribution in [3.05, 3.63) is 29.6 Å². The maximum atomic E-state index is 14.2. The summed E-state index contributed by atoms with van der Waals surface area (Å²) < 4.78 is 24.2. The summed E-state index contributed by atoms with van der Waals surface area (Å²) in [4.78, 5) is 12.1. The lowest BCUT2D eigenvalue weighted by Crippen LogP contribution is -2.49. The van der Waals surface area contributed by atoms with Crippen molar-refractivity contribution in [3.63, 3.8) is 0 Å². The molecule has 1 N–H and O–H groups in total. The minimum Gasteiger partial charge on any atom is -0.496 e. The number of halogens is 1. The molecule has 0 radical (unpaired) electrons. The Hall–Kier alpha value is -1.62. The third kappa shape index (κ3) is 2.56. The molecule has 1 aromatic carbocycles. The Morgan fingerprint density at radius 1 is 1.42 bits per heavy atom. The average molecular weight is 267 g/mol. The predicted octanol–water partition coefficient (Wildman–Crippen LogP) is 1.97. The molecule has 1 aliphatic rings. The lowest BCUT2D eigenvalue weighted by molar-refractivity contribution is -0.148. The number of benzene rings is 1. The molecule has 19 heavy (non-hydrogen) atoms. The summed E-state index contributed by atoms with van der Waals surface area (Å²) >= 11 is 0. The van der Waals surface area contributed by atoms with E-state index in [0.29, 0.717) is 5.75 Å². The van der Waals surface area contributed by atoms with E-state index in [2.05, 4.69) is 5.32 Å². The Morgan fingerprint density at radius 2 is 2.11 bits per heavy atom. The summed E-state index contributed by atoms with van der Waals surface area (Å²) in [6.07, 6.45) is 1.95. The molecule has 104 valence electrons. The number of nitrogens with one attached hydrogen (secondary N) is 1. The topological polar surface area (TPSA) is 47.6 Å². The number of ether oxygens (including phenoxy) is 2. The third-order valence-corrected chi connectivity index (χ3v) is 3.36. The molecule has 1 aliphatic carbocycles. The Bertz CT molecular complexity index is 488. The number of rotatable bonds is 5. The Morgan fingerprint density at radius 3 is 2.63 bits per heavy atom. The van der Waals surface area contributed by atoms with E-state index in [9.17, 15) is 9.18 Å². The lowest BCUT2D eigenvalue weighted by Gasteiger charge is -2.30. The van der Waals surface area contributed by atoms with Gasteiger partial charge in [0.15, 0.2) is 0 Å². The quantitative estimate of drug-likeness (QED) is 0.829. The summed E-state index contributed by atoms with van der Waals surface area (Å²) in [6.45, 7) is 1.62. The van der Waals surface area contributed by atoms with Crippen LogP contribution in [-0.4, -0.2) is 26.2 Å². The van der Waals surface area contributed by atoms with Crippen LogP contribution in [0, 0.1) is 5.82 Å². The standard InChI is InChI=1S/C14H18FNO3/c1-14(13(17)19-3,16-9-7-8-9)12-10(15)5-4-6-11(12)18-2/h4-6,9,16H,7-8H2,1-3H3. The van der Waals surface area contributed by atoms with Crippen LogP contribution in [0.1, 0.15) is 25.3 Å². The van der Waals surface area contributed by atoms with Gasteiger partial charge in [-0.3, -0.25) is 5.32 Å². The monoisotopic (exact) mass is 267 g/mol. The largest absolute Gasteiger partial charge is 0.496 e. The maximum Gasteiger partial charge on any atom is 0.330 e. The van der Waals surface area contributed by atoms with Crippen molar-refractivity contribution < 1.29 is 18.7 Å². The second-order valence-corrected chi connectivity index (χ2v) is 4.85. The van der Waals surface area contributed by atoms with Crippen molar-refractivity contribution >= 4 is 5.97 Å². The predicted molar refractivity (Wildman–Crippen MR) is 68.5 cm³/mol. The first-order valence-electron chi connectivity index (χ1n) is 6.22. The zero-order valence-corrected chi connectivity index (χ0v) is 11.3. The van der Waals surface area contributed by atoms with E-state index in [1.165, 1.54) is 20.3 Å². The summed E-state index contributed by atoms with van der Waals surface area (Å²) in [6, 6.07) is 4.71. The zero-order chi connectivity index (χ0) is 14.0. The molecule has 1 saturated carbocycles. The number of hydrogen-bond acceptors (Lipinski definition) is 4. The molecule has 0 spiro atoms. The Kier molecular flexibility index (Phi) is 3.75. The highest BCUT2D eigenvalue weighted by Gasteiger charge is 2.44. The SMILES string of the molecule is COC(=O)C(C)(NC1CC1)c1c(F)cccc1OC. The number of methoxy groups -OCH3 is 2. The van der Waals surface area contributed by atoms with Gasteiger partial charge in [0.25, 0.3) is 0 Å². The van der Waals surface area contributed by atoms with E-state index < -0.39 is 17.3 Å². The first kappa shape index (κ1) is 13.8. The Labute approximate surface area is 111 Å². The van der Waals surface area contributed by atoms with E-state index in [-0.39, 0.29) is 11.6 Å². The molecule has 5 heteroatoms. The zero-order valence-electron chi connectivity index (χ0n) is 11.3. The second kappa shape index (κ2) is 5.17. The van der Waals surface area contributed by atoms with Crippen LogP contribution in [0.15, 0.2) is 18.2 Å². The van der Waals surface area contributed by atoms with Gasteiger partial charge in [-0.15, -0.1) is 0 Å². The van der Waals surface area contributed by atoms with Gasteiger partial charge in [0.2, 0.25) is 0 Å². The molecule has 0 aromatic heterocycles. The molecule has 0 amide bonds. The van der Waals surface area contributed by atoms with Crippen LogP contribution in [-0.2, 0) is 15.1 Å². The van der Waals surface area contributed by atoms with Gasteiger partial charge in [0, 0.05) is 6.04 Å². The maximum absolute atomic E-state index is 14.2. The van der Waals surface area contributed by atoms with Crippen molar-refractivity contribution in [2.24, 2.45) is 0 Å². The van der Waals surface area contributed by atoms with Gasteiger partial charge in [0.05, 0.1) is 19.8 Å². The van der Waals surface area contributed by atoms with Gasteiger partial charge in [0.1, 0.15) is 17.1 Å². The van der Waals surface area contributed by atoms with Crippen LogP contribution in [0.3, 0.4) is 0 Å². The van der Waals surface area contributed by atoms with Crippen molar-refractivity contribution in [2.75, 3.05) is 14.2 Å². The number of carbonyl (C=O) groups excluding carboxylic acids is 1. The average Bonchev–Trinajstić information content (AvgIpc) is 3.20. The second-order valence-electron chi connectivity index (χ2n) is 4.85. The highest BCUT2D eigenvalue weighted by Crippen LogP contribution is 2.36. The number of carbonyl (C=O) groups is 1. The summed E-state index contributed by atoms with van der Waals surface area (Å²) in [5.41, 5.74) is -1.05. The van der Waals surface area contributed by atoms with Gasteiger partial charge in [-0.25, -0.2) is 9.18 Å². The molecule has 1 fully saturated rings. The fraction of sp³-hybridized carbons (Fsp3) is 0.500. The molecule has 1 unspecified atom stereocenters. The number of hydrogen-bond donors (Lipinski definition) is 1. The van der Waals surface area contributed by atoms with E-state index in [1.807, 2.05) is 0 Å².